The van der Waals surface area contributed by atoms with Gasteiger partial charge in [-0.1, -0.05) is 130 Å². The van der Waals surface area contributed by atoms with Gasteiger partial charge >= 0.3 is 0 Å². The molecule has 0 aliphatic heterocycles. The predicted molar refractivity (Wildman–Crippen MR) is 241 cm³/mol. The summed E-state index contributed by atoms with van der Waals surface area (Å²) in [7, 11) is 0. The molecule has 8 bridgehead atoms. The Morgan fingerprint density at radius 3 is 0.567 bits per heavy atom. The van der Waals surface area contributed by atoms with Crippen LogP contribution < -0.4 is 0 Å². The summed E-state index contributed by atoms with van der Waals surface area (Å²) in [6.07, 6.45) is 17.5. The molecular weight excluding hydrogens is 753 g/mol. The lowest BCUT2D eigenvalue weighted by molar-refractivity contribution is 0.419. The predicted octanol–water partition coefficient (Wildman–Crippen LogP) is 14.1. The molecule has 4 aromatic carbocycles. The number of hydrogen-bond donors (Lipinski definition) is 8. The van der Waals surface area contributed by atoms with Crippen molar-refractivity contribution in [2.75, 3.05) is 0 Å². The van der Waals surface area contributed by atoms with Gasteiger partial charge < -0.3 is 40.9 Å². The van der Waals surface area contributed by atoms with E-state index < -0.39 is 23.7 Å². The Bertz CT molecular complexity index is 1620. The van der Waals surface area contributed by atoms with Crippen molar-refractivity contribution in [2.45, 2.75) is 180 Å². The first-order valence-corrected chi connectivity index (χ1v) is 23.2. The van der Waals surface area contributed by atoms with Gasteiger partial charge in [0, 0.05) is 92.4 Å². The summed E-state index contributed by atoms with van der Waals surface area (Å²) in [5.74, 6) is -3.04. The maximum Gasteiger partial charge on any atom is 0.123 e. The lowest BCUT2D eigenvalue weighted by Gasteiger charge is -2.29. The van der Waals surface area contributed by atoms with Crippen LogP contribution >= 0.6 is 0 Å². The SMILES string of the molecule is CCCCCCC1c2cc(c(O)cc2O)C(CCCCCC)c2cc(c(O)cc2O)C(CCCCCC)c2cc(c(O)cc2O)C(CCCCCC)c2cc1c(O)cc2O. The van der Waals surface area contributed by atoms with E-state index in [1.165, 1.54) is 24.3 Å². The molecule has 1 aliphatic carbocycles. The summed E-state index contributed by atoms with van der Waals surface area (Å²) >= 11 is 0. The molecule has 0 spiro atoms. The standard InChI is InChI=1S/C52H72O8/c1-5-9-13-17-21-33-37-25-39(47(55)29-45(37)53)34(22-18-14-10-6-2)41-27-43(51(59)31-49(41)57)36(24-20-16-12-8-4)44-28-42(50(58)32-52(44)60)35(23-19-15-11-7-3)40-26-38(33)46(54)30-48(40)56/h25-36,53-60H,5-24H2,1-4H3. The maximum absolute atomic E-state index is 11.7. The largest absolute Gasteiger partial charge is 0.508 e. The normalized spacial score (nSPS) is 17.5. The van der Waals surface area contributed by atoms with Crippen LogP contribution in [0.1, 0.15) is 224 Å². The first-order valence-electron chi connectivity index (χ1n) is 23.2. The van der Waals surface area contributed by atoms with Gasteiger partial charge in [0.2, 0.25) is 0 Å². The van der Waals surface area contributed by atoms with Crippen LogP contribution in [0.2, 0.25) is 0 Å². The Hall–Kier alpha value is -4.72. The second-order valence-corrected chi connectivity index (χ2v) is 17.5. The highest BCUT2D eigenvalue weighted by Crippen LogP contribution is 2.52. The smallest absolute Gasteiger partial charge is 0.123 e. The second-order valence-electron chi connectivity index (χ2n) is 17.5. The van der Waals surface area contributed by atoms with Gasteiger partial charge in [-0.15, -0.1) is 0 Å². The molecule has 0 radical (unpaired) electrons. The minimum atomic E-state index is -0.532. The van der Waals surface area contributed by atoms with Crippen LogP contribution in [0.25, 0.3) is 0 Å². The summed E-state index contributed by atoms with van der Waals surface area (Å²) in [4.78, 5) is 0. The van der Waals surface area contributed by atoms with Crippen molar-refractivity contribution in [2.24, 2.45) is 0 Å². The molecule has 0 aromatic heterocycles. The number of benzene rings is 4. The van der Waals surface area contributed by atoms with Crippen LogP contribution in [-0.4, -0.2) is 40.9 Å². The van der Waals surface area contributed by atoms with Crippen molar-refractivity contribution in [1.82, 2.24) is 0 Å². The Labute approximate surface area is 358 Å². The third-order valence-corrected chi connectivity index (χ3v) is 13.1. The summed E-state index contributed by atoms with van der Waals surface area (Å²) in [5, 5.41) is 94.0. The minimum absolute atomic E-state index is 0.115. The first kappa shape index (κ1) is 46.3. The summed E-state index contributed by atoms with van der Waals surface area (Å²) in [6.45, 7) is 8.58. The van der Waals surface area contributed by atoms with Crippen molar-refractivity contribution < 1.29 is 40.9 Å². The number of rotatable bonds is 20. The van der Waals surface area contributed by atoms with Gasteiger partial charge in [0.15, 0.2) is 0 Å². The lowest BCUT2D eigenvalue weighted by Crippen LogP contribution is -2.11. The fraction of sp³-hybridized carbons (Fsp3) is 0.538. The van der Waals surface area contributed by atoms with E-state index >= 15 is 0 Å². The molecule has 8 heteroatoms. The maximum atomic E-state index is 11.7. The molecule has 60 heavy (non-hydrogen) atoms. The van der Waals surface area contributed by atoms with E-state index in [0.29, 0.717) is 70.2 Å². The van der Waals surface area contributed by atoms with Crippen LogP contribution in [0.4, 0.5) is 0 Å². The molecule has 0 atom stereocenters. The second kappa shape index (κ2) is 22.2. The van der Waals surface area contributed by atoms with E-state index in [1.54, 1.807) is 0 Å². The number of hydrogen-bond acceptors (Lipinski definition) is 8. The highest BCUT2D eigenvalue weighted by Gasteiger charge is 2.33. The molecule has 0 amide bonds. The molecule has 5 rings (SSSR count). The zero-order chi connectivity index (χ0) is 43.3. The molecule has 0 heterocycles. The van der Waals surface area contributed by atoms with Gasteiger partial charge in [0.1, 0.15) is 46.0 Å². The fourth-order valence-electron chi connectivity index (χ4n) is 9.69. The van der Waals surface area contributed by atoms with Crippen LogP contribution in [0.3, 0.4) is 0 Å². The Morgan fingerprint density at radius 2 is 0.417 bits per heavy atom. The molecular formula is C52H72O8. The van der Waals surface area contributed by atoms with Crippen LogP contribution in [-0.2, 0) is 0 Å². The van der Waals surface area contributed by atoms with Crippen LogP contribution in [0.15, 0.2) is 48.5 Å². The Morgan fingerprint density at radius 1 is 0.250 bits per heavy atom. The van der Waals surface area contributed by atoms with Gasteiger partial charge in [0.05, 0.1) is 0 Å². The number of phenols is 8. The molecule has 8 N–H and O–H groups in total. The number of aromatic hydroxyl groups is 8. The molecule has 0 saturated heterocycles. The van der Waals surface area contributed by atoms with Crippen molar-refractivity contribution in [3.05, 3.63) is 93.0 Å². The summed E-state index contributed by atoms with van der Waals surface area (Å²) in [5.41, 5.74) is 4.21. The van der Waals surface area contributed by atoms with Gasteiger partial charge in [0.25, 0.3) is 0 Å². The number of fused-ring (bicyclic) bond motifs is 8. The van der Waals surface area contributed by atoms with E-state index in [-0.39, 0.29) is 46.0 Å². The van der Waals surface area contributed by atoms with Crippen molar-refractivity contribution in [3.8, 4) is 46.0 Å². The molecule has 4 aromatic rings. The molecule has 0 fully saturated rings. The minimum Gasteiger partial charge on any atom is -0.508 e. The number of phenolic OH excluding ortho intramolecular Hbond substituents is 8. The van der Waals surface area contributed by atoms with Gasteiger partial charge in [-0.2, -0.15) is 0 Å². The molecule has 8 nitrogen and oxygen atoms in total. The molecule has 0 unspecified atom stereocenters. The van der Waals surface area contributed by atoms with E-state index in [2.05, 4.69) is 27.7 Å². The molecule has 328 valence electrons. The molecule has 1 aliphatic rings. The topological polar surface area (TPSA) is 162 Å². The fourth-order valence-corrected chi connectivity index (χ4v) is 9.69. The summed E-state index contributed by atoms with van der Waals surface area (Å²) < 4.78 is 0. The van der Waals surface area contributed by atoms with E-state index in [0.717, 1.165) is 103 Å². The zero-order valence-electron chi connectivity index (χ0n) is 36.6. The molecule has 0 saturated carbocycles. The van der Waals surface area contributed by atoms with Crippen molar-refractivity contribution in [3.63, 3.8) is 0 Å². The van der Waals surface area contributed by atoms with E-state index in [1.807, 2.05) is 24.3 Å². The van der Waals surface area contributed by atoms with Gasteiger partial charge in [-0.05, 0) is 49.9 Å². The third-order valence-electron chi connectivity index (χ3n) is 13.1. The van der Waals surface area contributed by atoms with Crippen LogP contribution in [0.5, 0.6) is 46.0 Å². The lowest BCUT2D eigenvalue weighted by atomic mass is 9.76. The highest BCUT2D eigenvalue weighted by atomic mass is 16.3. The van der Waals surface area contributed by atoms with E-state index in [4.69, 9.17) is 0 Å². The van der Waals surface area contributed by atoms with Crippen molar-refractivity contribution >= 4 is 0 Å². The van der Waals surface area contributed by atoms with Crippen LogP contribution in [0, 0.1) is 0 Å². The highest BCUT2D eigenvalue weighted by molar-refractivity contribution is 5.62. The summed E-state index contributed by atoms with van der Waals surface area (Å²) in [6, 6.07) is 12.8. The average molecular weight is 825 g/mol. The Kier molecular flexibility index (Phi) is 17.2. The van der Waals surface area contributed by atoms with E-state index in [9.17, 15) is 40.9 Å². The zero-order valence-corrected chi connectivity index (χ0v) is 36.6. The van der Waals surface area contributed by atoms with Crippen molar-refractivity contribution in [1.29, 1.82) is 0 Å². The monoisotopic (exact) mass is 825 g/mol. The first-order chi connectivity index (χ1) is 28.9. The Balaban J connectivity index is 1.89. The van der Waals surface area contributed by atoms with Gasteiger partial charge in [-0.25, -0.2) is 0 Å². The average Bonchev–Trinajstić information content (AvgIpc) is 3.20. The van der Waals surface area contributed by atoms with Gasteiger partial charge in [-0.3, -0.25) is 0 Å². The third kappa shape index (κ3) is 11.0. The number of unbranched alkanes of at least 4 members (excludes halogenated alkanes) is 12. The quantitative estimate of drug-likeness (QED) is 0.0409.